The van der Waals surface area contributed by atoms with Crippen LogP contribution in [0.1, 0.15) is 15.9 Å². The molecule has 1 aromatic carbocycles. The SMILES string of the molecule is Cc1cc(C(=O)O)cc(Br)c1N=C(N)N=C(N)N. The van der Waals surface area contributed by atoms with Gasteiger partial charge < -0.3 is 22.3 Å². The number of hydrogen-bond acceptors (Lipinski definition) is 2. The zero-order chi connectivity index (χ0) is 13.9. The van der Waals surface area contributed by atoms with Crippen LogP contribution in [-0.2, 0) is 0 Å². The molecule has 96 valence electrons. The Morgan fingerprint density at radius 2 is 1.94 bits per heavy atom. The Morgan fingerprint density at radius 1 is 1.33 bits per heavy atom. The first-order valence-electron chi connectivity index (χ1n) is 4.78. The summed E-state index contributed by atoms with van der Waals surface area (Å²) < 4.78 is 0.494. The molecule has 1 aromatic rings. The maximum absolute atomic E-state index is 10.8. The zero-order valence-corrected chi connectivity index (χ0v) is 11.1. The van der Waals surface area contributed by atoms with Gasteiger partial charge in [0.2, 0.25) is 5.96 Å². The summed E-state index contributed by atoms with van der Waals surface area (Å²) in [6.07, 6.45) is 0. The van der Waals surface area contributed by atoms with Crippen LogP contribution in [0.5, 0.6) is 0 Å². The summed E-state index contributed by atoms with van der Waals surface area (Å²) in [5.74, 6) is -1.33. The number of carboxylic acid groups (broad SMARTS) is 1. The van der Waals surface area contributed by atoms with Crippen molar-refractivity contribution in [3.8, 4) is 0 Å². The number of rotatable bonds is 2. The molecule has 0 aliphatic carbocycles. The molecule has 0 aromatic heterocycles. The zero-order valence-electron chi connectivity index (χ0n) is 9.51. The maximum Gasteiger partial charge on any atom is 0.335 e. The minimum atomic E-state index is -1.02. The van der Waals surface area contributed by atoms with Crippen LogP contribution in [0.4, 0.5) is 5.69 Å². The first-order valence-corrected chi connectivity index (χ1v) is 5.57. The topological polar surface area (TPSA) is 140 Å². The Hall–Kier alpha value is -2.09. The highest BCUT2D eigenvalue weighted by atomic mass is 79.9. The number of nitrogens with two attached hydrogens (primary N) is 3. The van der Waals surface area contributed by atoms with Gasteiger partial charge in [-0.05, 0) is 40.5 Å². The van der Waals surface area contributed by atoms with Crippen molar-refractivity contribution in [3.63, 3.8) is 0 Å². The quantitative estimate of drug-likeness (QED) is 0.469. The Balaban J connectivity index is 3.27. The van der Waals surface area contributed by atoms with Crippen molar-refractivity contribution in [2.75, 3.05) is 0 Å². The van der Waals surface area contributed by atoms with E-state index in [0.717, 1.165) is 0 Å². The lowest BCUT2D eigenvalue weighted by molar-refractivity contribution is 0.0696. The summed E-state index contributed by atoms with van der Waals surface area (Å²) in [6, 6.07) is 2.91. The van der Waals surface area contributed by atoms with E-state index >= 15 is 0 Å². The number of aryl methyl sites for hydroxylation is 1. The van der Waals surface area contributed by atoms with Crippen molar-refractivity contribution in [2.45, 2.75) is 6.92 Å². The number of aromatic carboxylic acids is 1. The minimum absolute atomic E-state index is 0.109. The Kier molecular flexibility index (Phi) is 4.27. The number of carbonyl (C=O) groups is 1. The second kappa shape index (κ2) is 5.50. The molecule has 7 nitrogen and oxygen atoms in total. The molecule has 0 unspecified atom stereocenters. The molecule has 0 heterocycles. The molecular weight excluding hydrogens is 302 g/mol. The number of benzene rings is 1. The van der Waals surface area contributed by atoms with Gasteiger partial charge in [0.1, 0.15) is 0 Å². The van der Waals surface area contributed by atoms with E-state index in [9.17, 15) is 4.79 Å². The summed E-state index contributed by atoms with van der Waals surface area (Å²) in [6.45, 7) is 1.71. The van der Waals surface area contributed by atoms with Gasteiger partial charge in [-0.3, -0.25) is 0 Å². The van der Waals surface area contributed by atoms with Crippen molar-refractivity contribution in [2.24, 2.45) is 27.2 Å². The molecule has 0 saturated carbocycles. The molecule has 0 aliphatic heterocycles. The van der Waals surface area contributed by atoms with Crippen LogP contribution in [0, 0.1) is 6.92 Å². The average Bonchev–Trinajstić information content (AvgIpc) is 2.21. The standard InChI is InChI=1S/C10H12BrN5O2/c1-4-2-5(8(17)18)3-6(11)7(4)15-10(14)16-9(12)13/h2-3H,1H3,(H,17,18)(H6,12,13,14,15,16). The fourth-order valence-corrected chi connectivity index (χ4v) is 1.92. The molecule has 1 rings (SSSR count). The van der Waals surface area contributed by atoms with E-state index in [2.05, 4.69) is 25.9 Å². The van der Waals surface area contributed by atoms with Crippen LogP contribution in [-0.4, -0.2) is 23.0 Å². The van der Waals surface area contributed by atoms with Gasteiger partial charge in [0.05, 0.1) is 11.3 Å². The van der Waals surface area contributed by atoms with Gasteiger partial charge in [0.25, 0.3) is 0 Å². The van der Waals surface area contributed by atoms with Crippen LogP contribution < -0.4 is 17.2 Å². The van der Waals surface area contributed by atoms with Gasteiger partial charge in [-0.25, -0.2) is 9.79 Å². The largest absolute Gasteiger partial charge is 0.478 e. The van der Waals surface area contributed by atoms with Crippen molar-refractivity contribution in [1.29, 1.82) is 0 Å². The number of halogens is 1. The van der Waals surface area contributed by atoms with Gasteiger partial charge in [0.15, 0.2) is 5.96 Å². The monoisotopic (exact) mass is 313 g/mol. The van der Waals surface area contributed by atoms with Crippen molar-refractivity contribution in [1.82, 2.24) is 0 Å². The van der Waals surface area contributed by atoms with Gasteiger partial charge in [-0.15, -0.1) is 0 Å². The molecule has 0 aliphatic rings. The predicted octanol–water partition coefficient (Wildman–Crippen LogP) is 0.675. The molecule has 18 heavy (non-hydrogen) atoms. The van der Waals surface area contributed by atoms with E-state index < -0.39 is 5.97 Å². The lowest BCUT2D eigenvalue weighted by atomic mass is 10.1. The van der Waals surface area contributed by atoms with E-state index in [0.29, 0.717) is 15.7 Å². The fourth-order valence-electron chi connectivity index (χ4n) is 1.27. The van der Waals surface area contributed by atoms with Crippen LogP contribution >= 0.6 is 15.9 Å². The normalized spacial score (nSPS) is 11.1. The summed E-state index contributed by atoms with van der Waals surface area (Å²) in [7, 11) is 0. The molecule has 0 fully saturated rings. The van der Waals surface area contributed by atoms with Crippen molar-refractivity contribution >= 4 is 39.5 Å². The molecule has 7 N–H and O–H groups in total. The smallest absolute Gasteiger partial charge is 0.335 e. The average molecular weight is 314 g/mol. The molecule has 0 radical (unpaired) electrons. The summed E-state index contributed by atoms with van der Waals surface area (Å²) in [5, 5.41) is 8.89. The highest BCUT2D eigenvalue weighted by molar-refractivity contribution is 9.10. The second-order valence-corrected chi connectivity index (χ2v) is 4.29. The van der Waals surface area contributed by atoms with Gasteiger partial charge in [-0.2, -0.15) is 4.99 Å². The Labute approximate surface area is 112 Å². The number of aliphatic imine (C=N–C) groups is 2. The molecule has 0 saturated heterocycles. The predicted molar refractivity (Wildman–Crippen MR) is 72.9 cm³/mol. The highest BCUT2D eigenvalue weighted by Crippen LogP contribution is 2.30. The lowest BCUT2D eigenvalue weighted by Crippen LogP contribution is -2.26. The van der Waals surface area contributed by atoms with Crippen molar-refractivity contribution in [3.05, 3.63) is 27.7 Å². The number of nitrogens with zero attached hydrogens (tertiary/aromatic N) is 2. The molecule has 0 spiro atoms. The fraction of sp³-hybridized carbons (Fsp3) is 0.100. The number of hydrogen-bond donors (Lipinski definition) is 4. The van der Waals surface area contributed by atoms with Crippen LogP contribution in [0.3, 0.4) is 0 Å². The van der Waals surface area contributed by atoms with E-state index in [1.807, 2.05) is 0 Å². The summed E-state index contributed by atoms with van der Waals surface area (Å²) in [5.41, 5.74) is 17.1. The van der Waals surface area contributed by atoms with Gasteiger partial charge in [-0.1, -0.05) is 0 Å². The third-order valence-corrected chi connectivity index (χ3v) is 2.58. The Bertz CT molecular complexity index is 526. The molecular formula is C10H12BrN5O2. The second-order valence-electron chi connectivity index (χ2n) is 3.44. The number of guanidine groups is 2. The lowest BCUT2D eigenvalue weighted by Gasteiger charge is -2.05. The molecule has 0 atom stereocenters. The first-order chi connectivity index (χ1) is 8.31. The third-order valence-electron chi connectivity index (χ3n) is 1.97. The van der Waals surface area contributed by atoms with Crippen LogP contribution in [0.2, 0.25) is 0 Å². The summed E-state index contributed by atoms with van der Waals surface area (Å²) >= 11 is 3.22. The van der Waals surface area contributed by atoms with E-state index in [-0.39, 0.29) is 17.5 Å². The van der Waals surface area contributed by atoms with Crippen molar-refractivity contribution < 1.29 is 9.90 Å². The van der Waals surface area contributed by atoms with E-state index in [1.54, 1.807) is 6.92 Å². The molecule has 0 bridgehead atoms. The maximum atomic E-state index is 10.8. The first kappa shape index (κ1) is 14.0. The minimum Gasteiger partial charge on any atom is -0.478 e. The van der Waals surface area contributed by atoms with Gasteiger partial charge >= 0.3 is 5.97 Å². The molecule has 8 heteroatoms. The third kappa shape index (κ3) is 3.45. The van der Waals surface area contributed by atoms with Gasteiger partial charge in [0, 0.05) is 4.47 Å². The van der Waals surface area contributed by atoms with Crippen LogP contribution in [0.15, 0.2) is 26.6 Å². The molecule has 0 amide bonds. The number of carboxylic acids is 1. The van der Waals surface area contributed by atoms with E-state index in [4.69, 9.17) is 22.3 Å². The summed E-state index contributed by atoms with van der Waals surface area (Å²) in [4.78, 5) is 18.4. The van der Waals surface area contributed by atoms with E-state index in [1.165, 1.54) is 12.1 Å². The Morgan fingerprint density at radius 3 is 2.39 bits per heavy atom. The van der Waals surface area contributed by atoms with Crippen LogP contribution in [0.25, 0.3) is 0 Å². The highest BCUT2D eigenvalue weighted by Gasteiger charge is 2.10.